The first kappa shape index (κ1) is 22.4. The molecular weight excluding hydrogens is 434 g/mol. The third-order valence-corrected chi connectivity index (χ3v) is 5.88. The summed E-state index contributed by atoms with van der Waals surface area (Å²) in [6, 6.07) is 18.6. The zero-order chi connectivity index (χ0) is 23.5. The van der Waals surface area contributed by atoms with E-state index >= 15 is 0 Å². The molecule has 4 rings (SSSR count). The molecule has 0 radical (unpaired) electrons. The van der Waals surface area contributed by atoms with Crippen molar-refractivity contribution in [2.75, 3.05) is 5.32 Å². The van der Waals surface area contributed by atoms with Gasteiger partial charge in [0.2, 0.25) is 0 Å². The monoisotopic (exact) mass is 457 g/mol. The van der Waals surface area contributed by atoms with Gasteiger partial charge in [-0.3, -0.25) is 9.59 Å². The predicted molar refractivity (Wildman–Crippen MR) is 128 cm³/mol. The molecule has 1 N–H and O–H groups in total. The Morgan fingerprint density at radius 2 is 1.52 bits per heavy atom. The van der Waals surface area contributed by atoms with Crippen LogP contribution in [-0.4, -0.2) is 31.4 Å². The van der Waals surface area contributed by atoms with Crippen LogP contribution in [0.25, 0.3) is 5.69 Å². The summed E-state index contributed by atoms with van der Waals surface area (Å²) < 4.78 is 1.68. The number of Topliss-reactive ketones (excluding diaryl/α,β-unsaturated/α-hetero) is 1. The maximum atomic E-state index is 12.9. The first-order valence-corrected chi connectivity index (χ1v) is 11.2. The Labute approximate surface area is 196 Å². The van der Waals surface area contributed by atoms with Crippen LogP contribution in [0.4, 0.5) is 5.69 Å². The number of nitrogens with zero attached hydrogens (tertiary/aromatic N) is 4. The van der Waals surface area contributed by atoms with Crippen molar-refractivity contribution in [3.05, 3.63) is 89.0 Å². The molecule has 8 heteroatoms. The molecule has 0 spiro atoms. The van der Waals surface area contributed by atoms with E-state index in [9.17, 15) is 9.59 Å². The molecule has 1 amide bonds. The Morgan fingerprint density at radius 1 is 0.879 bits per heavy atom. The fourth-order valence-electron chi connectivity index (χ4n) is 3.54. The number of rotatable bonds is 6. The molecule has 0 unspecified atom stereocenters. The zero-order valence-corrected chi connectivity index (χ0v) is 19.6. The number of aromatic nitrogens is 4. The summed E-state index contributed by atoms with van der Waals surface area (Å²) >= 11 is 1.44. The molecular formula is C25H23N5O2S. The van der Waals surface area contributed by atoms with Gasteiger partial charge in [-0.2, -0.15) is 5.10 Å². The van der Waals surface area contributed by atoms with Crippen molar-refractivity contribution in [2.45, 2.75) is 37.7 Å². The number of anilines is 1. The van der Waals surface area contributed by atoms with Crippen LogP contribution < -0.4 is 5.32 Å². The fraction of sp³-hybridized carbons (Fsp3) is 0.160. The minimum atomic E-state index is -0.702. The van der Waals surface area contributed by atoms with Gasteiger partial charge >= 0.3 is 0 Å². The van der Waals surface area contributed by atoms with Crippen LogP contribution in [-0.2, 0) is 4.79 Å². The number of ketones is 1. The maximum Gasteiger partial charge on any atom is 0.296 e. The van der Waals surface area contributed by atoms with Gasteiger partial charge in [-0.25, -0.2) is 14.6 Å². The van der Waals surface area contributed by atoms with E-state index in [1.807, 2.05) is 62.4 Å². The number of para-hydroxylation sites is 1. The SMILES string of the molecule is Cc1cc(C)nc(Sc2ccc(NC(=O)C(=O)c3c(C)nn(-c4ccccc4)c3C)cc2)n1. The second kappa shape index (κ2) is 9.38. The number of amides is 1. The lowest BCUT2D eigenvalue weighted by Gasteiger charge is -2.07. The fourth-order valence-corrected chi connectivity index (χ4v) is 4.41. The Bertz CT molecular complexity index is 1310. The summed E-state index contributed by atoms with van der Waals surface area (Å²) in [6.45, 7) is 7.38. The normalized spacial score (nSPS) is 10.8. The average molecular weight is 458 g/mol. The summed E-state index contributed by atoms with van der Waals surface area (Å²) in [5, 5.41) is 7.81. The Balaban J connectivity index is 1.47. The van der Waals surface area contributed by atoms with E-state index in [4.69, 9.17) is 0 Å². The highest BCUT2D eigenvalue weighted by atomic mass is 32.2. The molecule has 0 atom stereocenters. The second-order valence-corrected chi connectivity index (χ2v) is 8.68. The molecule has 0 bridgehead atoms. The number of hydrogen-bond acceptors (Lipinski definition) is 6. The summed E-state index contributed by atoms with van der Waals surface area (Å²) in [5.41, 5.74) is 4.64. The molecule has 0 saturated carbocycles. The molecule has 0 aliphatic rings. The largest absolute Gasteiger partial charge is 0.319 e. The minimum Gasteiger partial charge on any atom is -0.319 e. The predicted octanol–water partition coefficient (Wildman–Crippen LogP) is 4.87. The molecule has 2 heterocycles. The lowest BCUT2D eigenvalue weighted by atomic mass is 10.1. The third kappa shape index (κ3) is 5.01. The van der Waals surface area contributed by atoms with Gasteiger partial charge in [-0.15, -0.1) is 0 Å². The van der Waals surface area contributed by atoms with Crippen molar-refractivity contribution in [1.82, 2.24) is 19.7 Å². The molecule has 2 aromatic carbocycles. The second-order valence-electron chi connectivity index (χ2n) is 7.64. The van der Waals surface area contributed by atoms with E-state index in [2.05, 4.69) is 20.4 Å². The molecule has 0 saturated heterocycles. The number of carbonyl (C=O) groups is 2. The summed E-state index contributed by atoms with van der Waals surface area (Å²) in [7, 11) is 0. The highest BCUT2D eigenvalue weighted by Crippen LogP contribution is 2.26. The lowest BCUT2D eigenvalue weighted by Crippen LogP contribution is -2.24. The van der Waals surface area contributed by atoms with Gasteiger partial charge in [-0.05, 0) is 81.9 Å². The summed E-state index contributed by atoms with van der Waals surface area (Å²) in [6.07, 6.45) is 0. The molecule has 4 aromatic rings. The molecule has 0 fully saturated rings. The first-order chi connectivity index (χ1) is 15.8. The number of aryl methyl sites for hydroxylation is 3. The number of benzene rings is 2. The maximum absolute atomic E-state index is 12.9. The first-order valence-electron chi connectivity index (χ1n) is 10.4. The van der Waals surface area contributed by atoms with Crippen LogP contribution in [0.5, 0.6) is 0 Å². The van der Waals surface area contributed by atoms with Gasteiger partial charge in [0.15, 0.2) is 5.16 Å². The van der Waals surface area contributed by atoms with Gasteiger partial charge in [0.1, 0.15) is 0 Å². The van der Waals surface area contributed by atoms with Crippen molar-refractivity contribution in [3.8, 4) is 5.69 Å². The summed E-state index contributed by atoms with van der Waals surface area (Å²) in [5.74, 6) is -1.32. The zero-order valence-electron chi connectivity index (χ0n) is 18.8. The van der Waals surface area contributed by atoms with Crippen molar-refractivity contribution < 1.29 is 9.59 Å². The minimum absolute atomic E-state index is 0.315. The van der Waals surface area contributed by atoms with Crippen molar-refractivity contribution >= 4 is 29.1 Å². The van der Waals surface area contributed by atoms with Crippen molar-refractivity contribution in [1.29, 1.82) is 0 Å². The molecule has 166 valence electrons. The molecule has 0 aliphatic heterocycles. The standard InChI is InChI=1S/C25H23N5O2S/c1-15-14-16(2)27-25(26-15)33-21-12-10-19(11-13-21)28-24(32)23(31)22-17(3)29-30(18(22)4)20-8-6-5-7-9-20/h5-14H,1-4H3,(H,28,32). The van der Waals surface area contributed by atoms with Crippen LogP contribution in [0.1, 0.15) is 33.1 Å². The van der Waals surface area contributed by atoms with Crippen LogP contribution in [0, 0.1) is 27.7 Å². The Kier molecular flexibility index (Phi) is 6.37. The van der Waals surface area contributed by atoms with Crippen LogP contribution >= 0.6 is 11.8 Å². The number of nitrogens with one attached hydrogen (secondary N) is 1. The van der Waals surface area contributed by atoms with E-state index < -0.39 is 11.7 Å². The molecule has 33 heavy (non-hydrogen) atoms. The van der Waals surface area contributed by atoms with Crippen molar-refractivity contribution in [2.24, 2.45) is 0 Å². The molecule has 7 nitrogen and oxygen atoms in total. The van der Waals surface area contributed by atoms with E-state index in [1.165, 1.54) is 11.8 Å². The highest BCUT2D eigenvalue weighted by molar-refractivity contribution is 7.99. The van der Waals surface area contributed by atoms with Crippen LogP contribution in [0.3, 0.4) is 0 Å². The van der Waals surface area contributed by atoms with Gasteiger partial charge in [-0.1, -0.05) is 18.2 Å². The van der Waals surface area contributed by atoms with Gasteiger partial charge in [0.05, 0.1) is 22.6 Å². The quantitative estimate of drug-likeness (QED) is 0.252. The average Bonchev–Trinajstić information content (AvgIpc) is 3.08. The Morgan fingerprint density at radius 3 is 2.15 bits per heavy atom. The van der Waals surface area contributed by atoms with Gasteiger partial charge in [0.25, 0.3) is 11.7 Å². The van der Waals surface area contributed by atoms with Gasteiger partial charge < -0.3 is 5.32 Å². The smallest absolute Gasteiger partial charge is 0.296 e. The van der Waals surface area contributed by atoms with Crippen LogP contribution in [0.2, 0.25) is 0 Å². The lowest BCUT2D eigenvalue weighted by molar-refractivity contribution is -0.112. The van der Waals surface area contributed by atoms with Crippen LogP contribution in [0.15, 0.2) is 70.7 Å². The topological polar surface area (TPSA) is 89.8 Å². The number of hydrogen-bond donors (Lipinski definition) is 1. The van der Waals surface area contributed by atoms with Crippen molar-refractivity contribution in [3.63, 3.8) is 0 Å². The third-order valence-electron chi connectivity index (χ3n) is 5.01. The highest BCUT2D eigenvalue weighted by Gasteiger charge is 2.25. The summed E-state index contributed by atoms with van der Waals surface area (Å²) in [4.78, 5) is 35.4. The molecule has 0 aliphatic carbocycles. The van der Waals surface area contributed by atoms with E-state index in [-0.39, 0.29) is 0 Å². The Hall–Kier alpha value is -3.78. The number of carbonyl (C=O) groups excluding carboxylic acids is 2. The van der Waals surface area contributed by atoms with Gasteiger partial charge in [0, 0.05) is 22.0 Å². The molecule has 2 aromatic heterocycles. The van der Waals surface area contributed by atoms with E-state index in [0.717, 1.165) is 22.0 Å². The van der Waals surface area contributed by atoms with E-state index in [1.54, 1.807) is 30.7 Å². The van der Waals surface area contributed by atoms with E-state index in [0.29, 0.717) is 27.8 Å².